The molecular weight excluding hydrogens is 261 g/mol. The summed E-state index contributed by atoms with van der Waals surface area (Å²) < 4.78 is 18.4. The highest BCUT2D eigenvalue weighted by atomic mass is 19.1. The van der Waals surface area contributed by atoms with Crippen LogP contribution in [0.25, 0.3) is 0 Å². The number of carbonyl (C=O) groups is 1. The third-order valence-electron chi connectivity index (χ3n) is 2.83. The Hall–Kier alpha value is -2.56. The molecule has 0 heterocycles. The molecule has 20 heavy (non-hydrogen) atoms. The van der Waals surface area contributed by atoms with Crippen molar-refractivity contribution in [3.05, 3.63) is 59.4 Å². The van der Waals surface area contributed by atoms with Crippen molar-refractivity contribution in [2.75, 3.05) is 12.4 Å². The molecule has 2 aromatic carbocycles. The predicted molar refractivity (Wildman–Crippen MR) is 73.8 cm³/mol. The number of amides is 1. The number of halogens is 1. The lowest BCUT2D eigenvalue weighted by atomic mass is 10.0. The van der Waals surface area contributed by atoms with Crippen LogP contribution in [0.5, 0.6) is 5.75 Å². The summed E-state index contributed by atoms with van der Waals surface area (Å²) in [6.07, 6.45) is -0.538. The summed E-state index contributed by atoms with van der Waals surface area (Å²) >= 11 is 0. The average Bonchev–Trinajstić information content (AvgIpc) is 2.41. The molecule has 0 saturated heterocycles. The smallest absolute Gasteiger partial charge is 0.409 e. The number of benzene rings is 2. The standard InChI is InChI=1S/C15H14FNO3/c1-20-14-7-4-11(9-13(14)16)8-10-2-5-12(6-3-10)17-15(18)19/h2-7,9,17H,8H2,1H3,(H,18,19). The van der Waals surface area contributed by atoms with E-state index >= 15 is 0 Å². The van der Waals surface area contributed by atoms with E-state index in [2.05, 4.69) is 5.32 Å². The predicted octanol–water partition coefficient (Wildman–Crippen LogP) is 3.52. The van der Waals surface area contributed by atoms with Gasteiger partial charge in [0.25, 0.3) is 0 Å². The number of carboxylic acid groups (broad SMARTS) is 1. The van der Waals surface area contributed by atoms with Crippen molar-refractivity contribution in [1.29, 1.82) is 0 Å². The molecule has 2 rings (SSSR count). The highest BCUT2D eigenvalue weighted by Gasteiger charge is 2.04. The van der Waals surface area contributed by atoms with E-state index in [1.54, 1.807) is 36.4 Å². The summed E-state index contributed by atoms with van der Waals surface area (Å²) in [4.78, 5) is 10.5. The van der Waals surface area contributed by atoms with Crippen molar-refractivity contribution < 1.29 is 19.0 Å². The van der Waals surface area contributed by atoms with Gasteiger partial charge in [-0.25, -0.2) is 9.18 Å². The maximum absolute atomic E-state index is 13.6. The first-order chi connectivity index (χ1) is 9.58. The lowest BCUT2D eigenvalue weighted by Gasteiger charge is -2.06. The molecule has 4 nitrogen and oxygen atoms in total. The molecule has 5 heteroatoms. The fraction of sp³-hybridized carbons (Fsp3) is 0.133. The molecule has 0 atom stereocenters. The molecule has 0 radical (unpaired) electrons. The maximum atomic E-state index is 13.6. The number of ether oxygens (including phenoxy) is 1. The minimum atomic E-state index is -1.10. The molecule has 0 aromatic heterocycles. The van der Waals surface area contributed by atoms with Crippen LogP contribution in [-0.2, 0) is 6.42 Å². The first-order valence-electron chi connectivity index (χ1n) is 6.00. The fourth-order valence-corrected chi connectivity index (χ4v) is 1.88. The molecule has 104 valence electrons. The first kappa shape index (κ1) is 13.9. The van der Waals surface area contributed by atoms with E-state index in [1.165, 1.54) is 13.2 Å². The summed E-state index contributed by atoms with van der Waals surface area (Å²) in [6.45, 7) is 0. The molecule has 0 aliphatic heterocycles. The van der Waals surface area contributed by atoms with Crippen molar-refractivity contribution in [3.8, 4) is 5.75 Å². The quantitative estimate of drug-likeness (QED) is 0.897. The molecule has 0 fully saturated rings. The second-order valence-electron chi connectivity index (χ2n) is 4.27. The van der Waals surface area contributed by atoms with E-state index in [4.69, 9.17) is 9.84 Å². The number of nitrogens with one attached hydrogen (secondary N) is 1. The van der Waals surface area contributed by atoms with Gasteiger partial charge in [-0.2, -0.15) is 0 Å². The molecule has 0 aliphatic rings. The van der Waals surface area contributed by atoms with Gasteiger partial charge in [-0.3, -0.25) is 5.32 Å². The van der Waals surface area contributed by atoms with Crippen LogP contribution < -0.4 is 10.1 Å². The summed E-state index contributed by atoms with van der Waals surface area (Å²) in [5.74, 6) is -0.177. The van der Waals surface area contributed by atoms with Gasteiger partial charge in [0.2, 0.25) is 0 Å². The van der Waals surface area contributed by atoms with Gasteiger partial charge in [0, 0.05) is 5.69 Å². The van der Waals surface area contributed by atoms with E-state index in [0.29, 0.717) is 12.1 Å². The van der Waals surface area contributed by atoms with Crippen LogP contribution in [0.15, 0.2) is 42.5 Å². The van der Waals surface area contributed by atoms with Crippen LogP contribution in [-0.4, -0.2) is 18.3 Å². The molecule has 2 N–H and O–H groups in total. The molecular formula is C15H14FNO3. The van der Waals surface area contributed by atoms with Gasteiger partial charge in [-0.1, -0.05) is 18.2 Å². The first-order valence-corrected chi connectivity index (χ1v) is 6.00. The molecule has 2 aromatic rings. The zero-order valence-corrected chi connectivity index (χ0v) is 10.9. The molecule has 0 spiro atoms. The Morgan fingerprint density at radius 2 is 1.85 bits per heavy atom. The third kappa shape index (κ3) is 3.47. The highest BCUT2D eigenvalue weighted by Crippen LogP contribution is 2.20. The van der Waals surface area contributed by atoms with Gasteiger partial charge >= 0.3 is 6.09 Å². The lowest BCUT2D eigenvalue weighted by molar-refractivity contribution is 0.210. The van der Waals surface area contributed by atoms with Crippen LogP contribution in [0.4, 0.5) is 14.9 Å². The van der Waals surface area contributed by atoms with E-state index in [0.717, 1.165) is 11.1 Å². The van der Waals surface area contributed by atoms with E-state index in [9.17, 15) is 9.18 Å². The van der Waals surface area contributed by atoms with Gasteiger partial charge in [0.05, 0.1) is 7.11 Å². The molecule has 0 saturated carbocycles. The number of methoxy groups -OCH3 is 1. The van der Waals surface area contributed by atoms with Crippen LogP contribution >= 0.6 is 0 Å². The lowest BCUT2D eigenvalue weighted by Crippen LogP contribution is -2.06. The van der Waals surface area contributed by atoms with Gasteiger partial charge in [-0.05, 0) is 41.8 Å². The second kappa shape index (κ2) is 6.06. The van der Waals surface area contributed by atoms with Crippen molar-refractivity contribution in [1.82, 2.24) is 0 Å². The third-order valence-corrected chi connectivity index (χ3v) is 2.83. The van der Waals surface area contributed by atoms with Crippen LogP contribution in [0.2, 0.25) is 0 Å². The van der Waals surface area contributed by atoms with Crippen molar-refractivity contribution in [2.45, 2.75) is 6.42 Å². The van der Waals surface area contributed by atoms with Gasteiger partial charge in [-0.15, -0.1) is 0 Å². The largest absolute Gasteiger partial charge is 0.494 e. The van der Waals surface area contributed by atoms with Crippen molar-refractivity contribution in [3.63, 3.8) is 0 Å². The molecule has 0 unspecified atom stereocenters. The van der Waals surface area contributed by atoms with Crippen LogP contribution in [0, 0.1) is 5.82 Å². The number of anilines is 1. The summed E-state index contributed by atoms with van der Waals surface area (Å²) in [7, 11) is 1.42. The minimum Gasteiger partial charge on any atom is -0.494 e. The van der Waals surface area contributed by atoms with Gasteiger partial charge < -0.3 is 9.84 Å². The van der Waals surface area contributed by atoms with E-state index in [1.807, 2.05) is 0 Å². The normalized spacial score (nSPS) is 10.1. The molecule has 1 amide bonds. The Morgan fingerprint density at radius 1 is 1.20 bits per heavy atom. The topological polar surface area (TPSA) is 58.6 Å². The Morgan fingerprint density at radius 3 is 2.40 bits per heavy atom. The average molecular weight is 275 g/mol. The fourth-order valence-electron chi connectivity index (χ4n) is 1.88. The van der Waals surface area contributed by atoms with Crippen molar-refractivity contribution >= 4 is 11.8 Å². The highest BCUT2D eigenvalue weighted by molar-refractivity contribution is 5.82. The SMILES string of the molecule is COc1ccc(Cc2ccc(NC(=O)O)cc2)cc1F. The van der Waals surface area contributed by atoms with E-state index in [-0.39, 0.29) is 5.75 Å². The number of hydrogen-bond acceptors (Lipinski definition) is 2. The second-order valence-corrected chi connectivity index (χ2v) is 4.27. The molecule has 0 aliphatic carbocycles. The summed E-state index contributed by atoms with van der Waals surface area (Å²) in [5, 5.41) is 10.8. The van der Waals surface area contributed by atoms with E-state index < -0.39 is 11.9 Å². The zero-order valence-electron chi connectivity index (χ0n) is 10.9. The van der Waals surface area contributed by atoms with Gasteiger partial charge in [0.15, 0.2) is 11.6 Å². The Kier molecular flexibility index (Phi) is 4.20. The monoisotopic (exact) mass is 275 g/mol. The summed E-state index contributed by atoms with van der Waals surface area (Å²) in [5.41, 5.74) is 2.29. The Labute approximate surface area is 115 Å². The maximum Gasteiger partial charge on any atom is 0.409 e. The summed E-state index contributed by atoms with van der Waals surface area (Å²) in [6, 6.07) is 11.8. The molecule has 0 bridgehead atoms. The Bertz CT molecular complexity index is 611. The van der Waals surface area contributed by atoms with Crippen LogP contribution in [0.1, 0.15) is 11.1 Å². The number of hydrogen-bond donors (Lipinski definition) is 2. The minimum absolute atomic E-state index is 0.217. The zero-order chi connectivity index (χ0) is 14.5. The Balaban J connectivity index is 2.10. The van der Waals surface area contributed by atoms with Crippen LogP contribution in [0.3, 0.4) is 0 Å². The van der Waals surface area contributed by atoms with Crippen molar-refractivity contribution in [2.24, 2.45) is 0 Å². The number of rotatable bonds is 4. The van der Waals surface area contributed by atoms with Gasteiger partial charge in [0.1, 0.15) is 0 Å².